The number of carbonyl (C=O) groups is 1. The van der Waals surface area contributed by atoms with Gasteiger partial charge in [0, 0.05) is 6.04 Å². The third-order valence-corrected chi connectivity index (χ3v) is 4.97. The second-order valence-corrected chi connectivity index (χ2v) is 7.12. The summed E-state index contributed by atoms with van der Waals surface area (Å²) in [7, 11) is 0. The molecule has 28 heavy (non-hydrogen) atoms. The number of halogens is 1. The first-order valence-corrected chi connectivity index (χ1v) is 9.21. The van der Waals surface area contributed by atoms with Crippen LogP contribution in [-0.2, 0) is 17.9 Å². The van der Waals surface area contributed by atoms with E-state index in [9.17, 15) is 14.0 Å². The third-order valence-electron chi connectivity index (χ3n) is 4.97. The van der Waals surface area contributed by atoms with Crippen LogP contribution in [0, 0.1) is 5.82 Å². The SMILES string of the molecule is O=C(Cn1nc2n(Cc3ccc(F)cc3)c3ccccc3n2c1=O)NC1CC1. The fourth-order valence-corrected chi connectivity index (χ4v) is 3.44. The average molecular weight is 379 g/mol. The van der Waals surface area contributed by atoms with Crippen molar-refractivity contribution < 1.29 is 9.18 Å². The Balaban J connectivity index is 1.60. The van der Waals surface area contributed by atoms with E-state index in [1.165, 1.54) is 21.2 Å². The van der Waals surface area contributed by atoms with Crippen molar-refractivity contribution in [3.05, 3.63) is 70.4 Å². The number of rotatable bonds is 5. The van der Waals surface area contributed by atoms with E-state index in [4.69, 9.17) is 0 Å². The molecule has 7 nitrogen and oxygen atoms in total. The predicted molar refractivity (Wildman–Crippen MR) is 102 cm³/mol. The van der Waals surface area contributed by atoms with Crippen molar-refractivity contribution in [3.63, 3.8) is 0 Å². The highest BCUT2D eigenvalue weighted by Gasteiger charge is 2.24. The van der Waals surface area contributed by atoms with Crippen LogP contribution in [-0.4, -0.2) is 30.7 Å². The van der Waals surface area contributed by atoms with Gasteiger partial charge in [0.25, 0.3) is 0 Å². The van der Waals surface area contributed by atoms with E-state index in [1.54, 1.807) is 12.1 Å². The summed E-state index contributed by atoms with van der Waals surface area (Å²) in [6.07, 6.45) is 1.97. The van der Waals surface area contributed by atoms with Crippen LogP contribution in [0.1, 0.15) is 18.4 Å². The molecular weight excluding hydrogens is 361 g/mol. The van der Waals surface area contributed by atoms with Crippen molar-refractivity contribution in [1.82, 2.24) is 24.1 Å². The number of imidazole rings is 1. The zero-order valence-electron chi connectivity index (χ0n) is 15.0. The van der Waals surface area contributed by atoms with E-state index in [0.29, 0.717) is 12.3 Å². The Morgan fingerprint density at radius 2 is 1.82 bits per heavy atom. The molecule has 0 spiro atoms. The Labute approximate surface area is 159 Å². The molecule has 8 heteroatoms. The van der Waals surface area contributed by atoms with Gasteiger partial charge in [-0.3, -0.25) is 4.79 Å². The molecule has 1 fully saturated rings. The number of aromatic nitrogens is 4. The molecule has 142 valence electrons. The third kappa shape index (κ3) is 2.87. The molecule has 0 atom stereocenters. The van der Waals surface area contributed by atoms with Crippen LogP contribution >= 0.6 is 0 Å². The molecule has 2 aromatic carbocycles. The van der Waals surface area contributed by atoms with Crippen molar-refractivity contribution in [3.8, 4) is 0 Å². The highest BCUT2D eigenvalue weighted by molar-refractivity contribution is 5.81. The zero-order chi connectivity index (χ0) is 19.3. The summed E-state index contributed by atoms with van der Waals surface area (Å²) in [6.45, 7) is 0.323. The van der Waals surface area contributed by atoms with Crippen molar-refractivity contribution in [2.45, 2.75) is 32.0 Å². The molecule has 2 aromatic heterocycles. The number of carbonyl (C=O) groups excluding carboxylic acids is 1. The Hall–Kier alpha value is -3.42. The van der Waals surface area contributed by atoms with Gasteiger partial charge in [0.05, 0.1) is 17.6 Å². The number of amides is 1. The maximum absolute atomic E-state index is 13.2. The van der Waals surface area contributed by atoms with Crippen molar-refractivity contribution in [1.29, 1.82) is 0 Å². The fourth-order valence-electron chi connectivity index (χ4n) is 3.44. The zero-order valence-corrected chi connectivity index (χ0v) is 15.0. The smallest absolute Gasteiger partial charge is 0.352 e. The van der Waals surface area contributed by atoms with Gasteiger partial charge in [-0.2, -0.15) is 0 Å². The second-order valence-electron chi connectivity index (χ2n) is 7.12. The first kappa shape index (κ1) is 16.7. The van der Waals surface area contributed by atoms with Gasteiger partial charge in [0.15, 0.2) is 0 Å². The number of hydrogen-bond donors (Lipinski definition) is 1. The number of para-hydroxylation sites is 2. The van der Waals surface area contributed by atoms with E-state index < -0.39 is 0 Å². The Morgan fingerprint density at radius 3 is 2.54 bits per heavy atom. The highest BCUT2D eigenvalue weighted by atomic mass is 19.1. The van der Waals surface area contributed by atoms with Crippen LogP contribution in [0.4, 0.5) is 4.39 Å². The number of nitrogens with zero attached hydrogens (tertiary/aromatic N) is 4. The van der Waals surface area contributed by atoms with E-state index in [2.05, 4.69) is 10.4 Å². The predicted octanol–water partition coefficient (Wildman–Crippen LogP) is 1.92. The number of fused-ring (bicyclic) bond motifs is 3. The van der Waals surface area contributed by atoms with Gasteiger partial charge in [-0.15, -0.1) is 5.10 Å². The summed E-state index contributed by atoms with van der Waals surface area (Å²) in [4.78, 5) is 25.0. The molecule has 1 N–H and O–H groups in total. The summed E-state index contributed by atoms with van der Waals surface area (Å²) in [6, 6.07) is 14.0. The Bertz CT molecular complexity index is 1250. The molecule has 0 unspecified atom stereocenters. The average Bonchev–Trinajstić information content (AvgIpc) is 3.37. The van der Waals surface area contributed by atoms with Crippen LogP contribution < -0.4 is 11.0 Å². The molecule has 0 radical (unpaired) electrons. The number of hydrogen-bond acceptors (Lipinski definition) is 3. The quantitative estimate of drug-likeness (QED) is 0.576. The van der Waals surface area contributed by atoms with Gasteiger partial charge in [0.1, 0.15) is 12.4 Å². The van der Waals surface area contributed by atoms with Crippen molar-refractivity contribution in [2.75, 3.05) is 0 Å². The maximum atomic E-state index is 13.2. The molecule has 0 saturated heterocycles. The molecule has 4 aromatic rings. The van der Waals surface area contributed by atoms with Crippen molar-refractivity contribution >= 4 is 22.7 Å². The van der Waals surface area contributed by atoms with E-state index in [1.807, 2.05) is 28.8 Å². The second kappa shape index (κ2) is 6.33. The largest absolute Gasteiger partial charge is 0.352 e. The molecule has 1 saturated carbocycles. The summed E-state index contributed by atoms with van der Waals surface area (Å²) in [5, 5.41) is 7.30. The molecule has 1 amide bonds. The minimum Gasteiger partial charge on any atom is -0.352 e. The Kier molecular flexibility index (Phi) is 3.78. The minimum atomic E-state index is -0.352. The van der Waals surface area contributed by atoms with Crippen LogP contribution in [0.3, 0.4) is 0 Å². The fraction of sp³-hybridized carbons (Fsp3) is 0.250. The number of benzene rings is 2. The molecule has 0 aliphatic heterocycles. The lowest BCUT2D eigenvalue weighted by atomic mass is 10.2. The molecule has 1 aliphatic rings. The van der Waals surface area contributed by atoms with Gasteiger partial charge in [-0.25, -0.2) is 18.3 Å². The normalized spacial score (nSPS) is 14.0. The van der Waals surface area contributed by atoms with Crippen LogP contribution in [0.2, 0.25) is 0 Å². The first-order chi connectivity index (χ1) is 13.6. The molecular formula is C20H18FN5O2. The first-order valence-electron chi connectivity index (χ1n) is 9.21. The van der Waals surface area contributed by atoms with Gasteiger partial charge in [0.2, 0.25) is 11.7 Å². The van der Waals surface area contributed by atoms with Crippen LogP contribution in [0.5, 0.6) is 0 Å². The van der Waals surface area contributed by atoms with E-state index in [0.717, 1.165) is 29.4 Å². The standard InChI is InChI=1S/C20H18FN5O2/c21-14-7-5-13(6-8-14)11-24-16-3-1-2-4-17(16)26-19(24)23-25(20(26)28)12-18(27)22-15-9-10-15/h1-8,15H,9-12H2,(H,22,27). The number of nitrogens with one attached hydrogen (secondary N) is 1. The molecule has 1 aliphatic carbocycles. The minimum absolute atomic E-state index is 0.109. The molecule has 0 bridgehead atoms. The topological polar surface area (TPSA) is 73.3 Å². The van der Waals surface area contributed by atoms with Gasteiger partial charge < -0.3 is 9.88 Å². The summed E-state index contributed by atoms with van der Waals surface area (Å²) >= 11 is 0. The van der Waals surface area contributed by atoms with Crippen molar-refractivity contribution in [2.24, 2.45) is 0 Å². The lowest BCUT2D eigenvalue weighted by Gasteiger charge is -2.06. The summed E-state index contributed by atoms with van der Waals surface area (Å²) < 4.78 is 17.9. The van der Waals surface area contributed by atoms with Gasteiger partial charge >= 0.3 is 5.69 Å². The molecule has 2 heterocycles. The monoisotopic (exact) mass is 379 g/mol. The lowest BCUT2D eigenvalue weighted by molar-refractivity contribution is -0.122. The molecule has 5 rings (SSSR count). The Morgan fingerprint density at radius 1 is 1.11 bits per heavy atom. The van der Waals surface area contributed by atoms with E-state index in [-0.39, 0.29) is 30.0 Å². The van der Waals surface area contributed by atoms with E-state index >= 15 is 0 Å². The summed E-state index contributed by atoms with van der Waals surface area (Å²) in [5.74, 6) is -0.0528. The lowest BCUT2D eigenvalue weighted by Crippen LogP contribution is -2.33. The van der Waals surface area contributed by atoms with Crippen LogP contribution in [0.25, 0.3) is 16.8 Å². The van der Waals surface area contributed by atoms with Gasteiger partial charge in [-0.1, -0.05) is 24.3 Å². The maximum Gasteiger partial charge on any atom is 0.352 e. The summed E-state index contributed by atoms with van der Waals surface area (Å²) in [5.41, 5.74) is 2.10. The van der Waals surface area contributed by atoms with Crippen LogP contribution in [0.15, 0.2) is 53.3 Å². The van der Waals surface area contributed by atoms with Gasteiger partial charge in [-0.05, 0) is 42.7 Å². The highest BCUT2D eigenvalue weighted by Crippen LogP contribution is 2.20.